The number of halogens is 1. The molecule has 6 nitrogen and oxygen atoms in total. The van der Waals surface area contributed by atoms with Gasteiger partial charge in [0.1, 0.15) is 5.82 Å². The standard InChI is InChI=1S/C24H31FN4O2/c25-21-5-1-2-6-23(21)29-14-12-28(13-15-29)22-9-11-27(17-19-4-3-10-26-16-19)18-20(22)7-8-24(30)31/h1-6,10,16,20,22H,7-9,11-15,17-18H2,(H,30,31)/t20-,22+/m1/s1. The number of aliphatic carboxylic acids is 1. The van der Waals surface area contributed by atoms with Crippen LogP contribution in [0.1, 0.15) is 24.8 Å². The van der Waals surface area contributed by atoms with Crippen LogP contribution in [-0.4, -0.2) is 71.2 Å². The Morgan fingerprint density at radius 1 is 1.10 bits per heavy atom. The van der Waals surface area contributed by atoms with E-state index in [1.807, 2.05) is 24.4 Å². The Hall–Kier alpha value is -2.51. The number of carboxylic acids is 1. The van der Waals surface area contributed by atoms with Gasteiger partial charge in [-0.15, -0.1) is 0 Å². The smallest absolute Gasteiger partial charge is 0.303 e. The van der Waals surface area contributed by atoms with E-state index in [-0.39, 0.29) is 12.2 Å². The summed E-state index contributed by atoms with van der Waals surface area (Å²) in [6, 6.07) is 11.4. The molecule has 2 atom stereocenters. The highest BCUT2D eigenvalue weighted by Gasteiger charge is 2.35. The summed E-state index contributed by atoms with van der Waals surface area (Å²) in [6.07, 6.45) is 5.62. The van der Waals surface area contributed by atoms with Gasteiger partial charge in [-0.3, -0.25) is 19.6 Å². The Morgan fingerprint density at radius 3 is 2.61 bits per heavy atom. The average Bonchev–Trinajstić information content (AvgIpc) is 2.79. The molecule has 0 unspecified atom stereocenters. The van der Waals surface area contributed by atoms with E-state index in [1.54, 1.807) is 12.3 Å². The Balaban J connectivity index is 1.38. The lowest BCUT2D eigenvalue weighted by molar-refractivity contribution is -0.137. The highest BCUT2D eigenvalue weighted by molar-refractivity contribution is 5.66. The zero-order valence-corrected chi connectivity index (χ0v) is 17.9. The maximum Gasteiger partial charge on any atom is 0.303 e. The first-order chi connectivity index (χ1) is 15.1. The van der Waals surface area contributed by atoms with Crippen molar-refractivity contribution in [3.63, 3.8) is 0 Å². The van der Waals surface area contributed by atoms with E-state index in [9.17, 15) is 14.3 Å². The summed E-state index contributed by atoms with van der Waals surface area (Å²) in [4.78, 5) is 22.5. The molecule has 166 valence electrons. The molecule has 4 rings (SSSR count). The van der Waals surface area contributed by atoms with Crippen molar-refractivity contribution in [1.82, 2.24) is 14.8 Å². The third-order valence-corrected chi connectivity index (χ3v) is 6.61. The predicted molar refractivity (Wildman–Crippen MR) is 118 cm³/mol. The summed E-state index contributed by atoms with van der Waals surface area (Å²) in [5, 5.41) is 9.25. The molecule has 0 radical (unpaired) electrons. The Bertz CT molecular complexity index is 858. The normalized spacial score (nSPS) is 23.1. The van der Waals surface area contributed by atoms with Crippen LogP contribution in [0, 0.1) is 11.7 Å². The minimum absolute atomic E-state index is 0.168. The van der Waals surface area contributed by atoms with E-state index in [0.29, 0.717) is 24.1 Å². The van der Waals surface area contributed by atoms with Crippen molar-refractivity contribution in [2.45, 2.75) is 31.8 Å². The number of carboxylic acid groups (broad SMARTS) is 1. The number of likely N-dealkylation sites (tertiary alicyclic amines) is 1. The highest BCUT2D eigenvalue weighted by atomic mass is 19.1. The van der Waals surface area contributed by atoms with E-state index in [2.05, 4.69) is 25.8 Å². The number of anilines is 1. The minimum Gasteiger partial charge on any atom is -0.481 e. The lowest BCUT2D eigenvalue weighted by Gasteiger charge is -2.47. The summed E-state index contributed by atoms with van der Waals surface area (Å²) in [5.41, 5.74) is 1.87. The van der Waals surface area contributed by atoms with E-state index in [1.165, 1.54) is 11.6 Å². The molecule has 2 saturated heterocycles. The minimum atomic E-state index is -0.729. The van der Waals surface area contributed by atoms with Crippen LogP contribution in [0.25, 0.3) is 0 Å². The number of carbonyl (C=O) groups is 1. The van der Waals surface area contributed by atoms with Gasteiger partial charge in [0.2, 0.25) is 0 Å². The van der Waals surface area contributed by atoms with Crippen molar-refractivity contribution < 1.29 is 14.3 Å². The Morgan fingerprint density at radius 2 is 1.90 bits per heavy atom. The molecule has 2 fully saturated rings. The molecule has 2 aliphatic heterocycles. The van der Waals surface area contributed by atoms with Gasteiger partial charge in [0.05, 0.1) is 5.69 Å². The summed E-state index contributed by atoms with van der Waals surface area (Å²) in [5.74, 6) is -0.576. The van der Waals surface area contributed by atoms with E-state index >= 15 is 0 Å². The van der Waals surface area contributed by atoms with Gasteiger partial charge in [-0.05, 0) is 49.1 Å². The van der Waals surface area contributed by atoms with Crippen molar-refractivity contribution in [1.29, 1.82) is 0 Å². The Labute approximate surface area is 183 Å². The lowest BCUT2D eigenvalue weighted by atomic mass is 9.86. The molecule has 0 bridgehead atoms. The molecule has 3 heterocycles. The van der Waals surface area contributed by atoms with Crippen LogP contribution in [0.3, 0.4) is 0 Å². The van der Waals surface area contributed by atoms with Gasteiger partial charge in [0.15, 0.2) is 0 Å². The third kappa shape index (κ3) is 5.60. The van der Waals surface area contributed by atoms with Crippen molar-refractivity contribution in [3.05, 3.63) is 60.2 Å². The number of piperidine rings is 1. The van der Waals surface area contributed by atoms with Crippen LogP contribution in [0.15, 0.2) is 48.8 Å². The van der Waals surface area contributed by atoms with Crippen molar-refractivity contribution in [3.8, 4) is 0 Å². The number of rotatable bonds is 7. The maximum absolute atomic E-state index is 14.2. The van der Waals surface area contributed by atoms with Crippen LogP contribution in [0.5, 0.6) is 0 Å². The van der Waals surface area contributed by atoms with E-state index < -0.39 is 5.97 Å². The van der Waals surface area contributed by atoms with Gasteiger partial charge in [-0.1, -0.05) is 18.2 Å². The predicted octanol–water partition coefficient (Wildman–Crippen LogP) is 3.10. The number of aromatic nitrogens is 1. The second-order valence-corrected chi connectivity index (χ2v) is 8.62. The number of para-hydroxylation sites is 1. The number of nitrogens with zero attached hydrogens (tertiary/aromatic N) is 4. The van der Waals surface area contributed by atoms with Gasteiger partial charge in [0, 0.05) is 64.1 Å². The van der Waals surface area contributed by atoms with Crippen LogP contribution in [-0.2, 0) is 11.3 Å². The molecule has 0 spiro atoms. The van der Waals surface area contributed by atoms with Crippen molar-refractivity contribution >= 4 is 11.7 Å². The van der Waals surface area contributed by atoms with E-state index in [4.69, 9.17) is 0 Å². The fourth-order valence-corrected chi connectivity index (χ4v) is 5.06. The first kappa shape index (κ1) is 21.7. The van der Waals surface area contributed by atoms with Gasteiger partial charge in [-0.25, -0.2) is 4.39 Å². The van der Waals surface area contributed by atoms with Gasteiger partial charge in [-0.2, -0.15) is 0 Å². The van der Waals surface area contributed by atoms with Crippen molar-refractivity contribution in [2.75, 3.05) is 44.2 Å². The summed E-state index contributed by atoms with van der Waals surface area (Å²) in [7, 11) is 0. The molecular formula is C24H31FN4O2. The quantitative estimate of drug-likeness (QED) is 0.734. The molecule has 31 heavy (non-hydrogen) atoms. The first-order valence-corrected chi connectivity index (χ1v) is 11.2. The number of pyridine rings is 1. The highest BCUT2D eigenvalue weighted by Crippen LogP contribution is 2.29. The average molecular weight is 427 g/mol. The zero-order valence-electron chi connectivity index (χ0n) is 17.9. The number of hydrogen-bond donors (Lipinski definition) is 1. The lowest BCUT2D eigenvalue weighted by Crippen LogP contribution is -2.56. The van der Waals surface area contributed by atoms with Gasteiger partial charge in [0.25, 0.3) is 0 Å². The number of piperazine rings is 1. The maximum atomic E-state index is 14.2. The molecule has 2 aliphatic rings. The molecule has 1 N–H and O–H groups in total. The molecule has 1 aromatic heterocycles. The summed E-state index contributed by atoms with van der Waals surface area (Å²) < 4.78 is 14.2. The molecular weight excluding hydrogens is 395 g/mol. The summed E-state index contributed by atoms with van der Waals surface area (Å²) in [6.45, 7) is 6.10. The van der Waals surface area contributed by atoms with Gasteiger partial charge >= 0.3 is 5.97 Å². The van der Waals surface area contributed by atoms with Crippen LogP contribution in [0.4, 0.5) is 10.1 Å². The number of hydrogen-bond acceptors (Lipinski definition) is 5. The topological polar surface area (TPSA) is 59.9 Å². The van der Waals surface area contributed by atoms with Gasteiger partial charge < -0.3 is 10.0 Å². The first-order valence-electron chi connectivity index (χ1n) is 11.2. The zero-order chi connectivity index (χ0) is 21.6. The number of benzene rings is 1. The molecule has 0 amide bonds. The Kier molecular flexibility index (Phi) is 7.14. The van der Waals surface area contributed by atoms with E-state index in [0.717, 1.165) is 52.2 Å². The second-order valence-electron chi connectivity index (χ2n) is 8.62. The largest absolute Gasteiger partial charge is 0.481 e. The van der Waals surface area contributed by atoms with Crippen LogP contribution < -0.4 is 4.90 Å². The summed E-state index contributed by atoms with van der Waals surface area (Å²) >= 11 is 0. The molecule has 0 saturated carbocycles. The van der Waals surface area contributed by atoms with Crippen LogP contribution in [0.2, 0.25) is 0 Å². The third-order valence-electron chi connectivity index (χ3n) is 6.61. The molecule has 2 aromatic rings. The van der Waals surface area contributed by atoms with Crippen LogP contribution >= 0.6 is 0 Å². The molecule has 7 heteroatoms. The fraction of sp³-hybridized carbons (Fsp3) is 0.500. The monoisotopic (exact) mass is 426 g/mol. The SMILES string of the molecule is O=C(O)CC[C@@H]1CN(Cc2cccnc2)CC[C@@H]1N1CCN(c2ccccc2F)CC1. The fourth-order valence-electron chi connectivity index (χ4n) is 5.06. The van der Waals surface area contributed by atoms with Crippen molar-refractivity contribution in [2.24, 2.45) is 5.92 Å². The molecule has 1 aromatic carbocycles. The molecule has 0 aliphatic carbocycles. The second kappa shape index (κ2) is 10.2.